The molecule has 3 aromatic carbocycles. The molecule has 0 saturated carbocycles. The molecule has 0 spiro atoms. The minimum absolute atomic E-state index is 0.0235. The maximum Gasteiger partial charge on any atom is 0.226 e. The van der Waals surface area contributed by atoms with E-state index in [1.165, 1.54) is 17.7 Å². The van der Waals surface area contributed by atoms with Crippen LogP contribution in [0.2, 0.25) is 0 Å². The van der Waals surface area contributed by atoms with Crippen molar-refractivity contribution in [1.29, 1.82) is 0 Å². The second-order valence-electron chi connectivity index (χ2n) is 6.59. The lowest BCUT2D eigenvalue weighted by molar-refractivity contribution is 0.403. The van der Waals surface area contributed by atoms with Gasteiger partial charge in [-0.05, 0) is 42.2 Å². The first-order chi connectivity index (χ1) is 13.7. The molecule has 4 heteroatoms. The maximum atomic E-state index is 9.74. The summed E-state index contributed by atoms with van der Waals surface area (Å²) >= 11 is 0. The Morgan fingerprint density at radius 1 is 0.857 bits per heavy atom. The van der Waals surface area contributed by atoms with Gasteiger partial charge >= 0.3 is 0 Å². The van der Waals surface area contributed by atoms with Crippen LogP contribution in [0, 0.1) is 6.42 Å². The Balaban J connectivity index is 1.63. The van der Waals surface area contributed by atoms with Crippen molar-refractivity contribution in [3.8, 4) is 23.0 Å². The summed E-state index contributed by atoms with van der Waals surface area (Å²) in [4.78, 5) is 4.65. The zero-order valence-electron chi connectivity index (χ0n) is 15.2. The van der Waals surface area contributed by atoms with Gasteiger partial charge in [0.2, 0.25) is 5.89 Å². The molecule has 4 aromatic rings. The van der Waals surface area contributed by atoms with Crippen molar-refractivity contribution in [2.75, 3.05) is 0 Å². The van der Waals surface area contributed by atoms with Crippen LogP contribution < -0.4 is 0 Å². The first kappa shape index (κ1) is 17.9. The molecule has 0 saturated heterocycles. The summed E-state index contributed by atoms with van der Waals surface area (Å²) in [5, 5.41) is 19.2. The highest BCUT2D eigenvalue weighted by atomic mass is 16.3. The third-order valence-electron chi connectivity index (χ3n) is 4.65. The van der Waals surface area contributed by atoms with Crippen LogP contribution in [0.25, 0.3) is 11.5 Å². The number of rotatable bonds is 6. The van der Waals surface area contributed by atoms with Gasteiger partial charge < -0.3 is 14.6 Å². The summed E-state index contributed by atoms with van der Waals surface area (Å²) in [6.45, 7) is 0. The zero-order chi connectivity index (χ0) is 19.3. The first-order valence-electron chi connectivity index (χ1n) is 9.10. The molecule has 0 fully saturated rings. The van der Waals surface area contributed by atoms with Crippen molar-refractivity contribution < 1.29 is 14.6 Å². The molecule has 0 aliphatic heterocycles. The summed E-state index contributed by atoms with van der Waals surface area (Å²) in [6, 6.07) is 25.0. The topological polar surface area (TPSA) is 66.5 Å². The number of aromatic hydroxyl groups is 2. The van der Waals surface area contributed by atoms with Crippen LogP contribution >= 0.6 is 0 Å². The second kappa shape index (κ2) is 8.01. The van der Waals surface area contributed by atoms with Gasteiger partial charge in [-0.15, -0.1) is 0 Å². The summed E-state index contributed by atoms with van der Waals surface area (Å²) in [6.07, 6.45) is 4.68. The van der Waals surface area contributed by atoms with Crippen LogP contribution in [-0.4, -0.2) is 15.2 Å². The van der Waals surface area contributed by atoms with Crippen LogP contribution in [-0.2, 0) is 6.42 Å². The van der Waals surface area contributed by atoms with Crippen molar-refractivity contribution in [3.05, 3.63) is 108 Å². The van der Waals surface area contributed by atoms with E-state index in [0.29, 0.717) is 11.5 Å². The number of hydrogen-bond acceptors (Lipinski definition) is 4. The second-order valence-corrected chi connectivity index (χ2v) is 6.59. The van der Waals surface area contributed by atoms with Gasteiger partial charge in [0, 0.05) is 11.5 Å². The summed E-state index contributed by atoms with van der Waals surface area (Å²) in [7, 11) is 0. The fourth-order valence-corrected chi connectivity index (χ4v) is 3.17. The molecule has 4 rings (SSSR count). The van der Waals surface area contributed by atoms with Crippen LogP contribution in [0.15, 0.2) is 89.5 Å². The number of phenolic OH excluding ortho intramolecular Hbond substituents is 2. The van der Waals surface area contributed by atoms with Gasteiger partial charge in [0.15, 0.2) is 11.5 Å². The summed E-state index contributed by atoms with van der Waals surface area (Å²) in [5.74, 6) is 0.00495. The molecular formula is C24H20NO3. The molecule has 1 radical (unpaired) electrons. The highest BCUT2D eigenvalue weighted by molar-refractivity contribution is 5.59. The number of nitrogens with zero attached hydrogens (tertiary/aromatic N) is 1. The minimum atomic E-state index is -0.201. The van der Waals surface area contributed by atoms with E-state index >= 15 is 0 Å². The molecule has 0 aliphatic carbocycles. The Labute approximate surface area is 163 Å². The molecule has 2 N–H and O–H groups in total. The molecule has 1 atom stereocenters. The third kappa shape index (κ3) is 3.91. The molecule has 0 aliphatic rings. The van der Waals surface area contributed by atoms with Crippen molar-refractivity contribution in [1.82, 2.24) is 4.98 Å². The van der Waals surface area contributed by atoms with E-state index in [4.69, 9.17) is 4.42 Å². The Bertz CT molecular complexity index is 1040. The highest BCUT2D eigenvalue weighted by Gasteiger charge is 2.20. The van der Waals surface area contributed by atoms with E-state index < -0.39 is 0 Å². The molecule has 139 valence electrons. The van der Waals surface area contributed by atoms with Crippen molar-refractivity contribution in [2.24, 2.45) is 0 Å². The normalized spacial score (nSPS) is 12.0. The molecule has 4 nitrogen and oxygen atoms in total. The molecule has 1 aromatic heterocycles. The lowest BCUT2D eigenvalue weighted by atomic mass is 9.90. The van der Waals surface area contributed by atoms with Gasteiger partial charge in [-0.2, -0.15) is 0 Å². The molecular weight excluding hydrogens is 350 g/mol. The van der Waals surface area contributed by atoms with Crippen LogP contribution in [0.3, 0.4) is 0 Å². The summed E-state index contributed by atoms with van der Waals surface area (Å²) < 4.78 is 5.68. The molecule has 1 heterocycles. The average molecular weight is 370 g/mol. The van der Waals surface area contributed by atoms with E-state index in [1.54, 1.807) is 12.3 Å². The fraction of sp³-hybridized carbons (Fsp3) is 0.0833. The predicted molar refractivity (Wildman–Crippen MR) is 108 cm³/mol. The quantitative estimate of drug-likeness (QED) is 0.450. The van der Waals surface area contributed by atoms with Gasteiger partial charge in [0.1, 0.15) is 6.26 Å². The number of hydrogen-bond donors (Lipinski definition) is 2. The molecule has 0 unspecified atom stereocenters. The number of aromatic nitrogens is 1. The predicted octanol–water partition coefficient (Wildman–Crippen LogP) is 5.33. The van der Waals surface area contributed by atoms with Crippen LogP contribution in [0.4, 0.5) is 0 Å². The van der Waals surface area contributed by atoms with Crippen LogP contribution in [0.5, 0.6) is 11.5 Å². The SMILES string of the molecule is Oc1ccc(-c2nc([C@@H]([CH]Cc3ccccc3)c3ccccc3)co2)cc1O. The van der Waals surface area contributed by atoms with Crippen LogP contribution in [0.1, 0.15) is 22.7 Å². The number of benzene rings is 3. The highest BCUT2D eigenvalue weighted by Crippen LogP contribution is 2.33. The zero-order valence-corrected chi connectivity index (χ0v) is 15.2. The molecule has 28 heavy (non-hydrogen) atoms. The average Bonchev–Trinajstić information content (AvgIpc) is 3.22. The van der Waals surface area contributed by atoms with E-state index in [-0.39, 0.29) is 17.4 Å². The van der Waals surface area contributed by atoms with E-state index in [9.17, 15) is 10.2 Å². The lowest BCUT2D eigenvalue weighted by Gasteiger charge is -2.14. The van der Waals surface area contributed by atoms with Crippen molar-refractivity contribution in [3.63, 3.8) is 0 Å². The van der Waals surface area contributed by atoms with Gasteiger partial charge in [-0.25, -0.2) is 4.98 Å². The Kier molecular flexibility index (Phi) is 5.11. The van der Waals surface area contributed by atoms with Gasteiger partial charge in [-0.1, -0.05) is 60.7 Å². The summed E-state index contributed by atoms with van der Waals surface area (Å²) in [5.41, 5.74) is 3.77. The van der Waals surface area contributed by atoms with Gasteiger partial charge in [0.25, 0.3) is 0 Å². The largest absolute Gasteiger partial charge is 0.504 e. The number of oxazole rings is 1. The Morgan fingerprint density at radius 2 is 1.57 bits per heavy atom. The monoisotopic (exact) mass is 370 g/mol. The van der Waals surface area contributed by atoms with E-state index in [2.05, 4.69) is 35.7 Å². The number of phenols is 2. The van der Waals surface area contributed by atoms with E-state index in [0.717, 1.165) is 17.7 Å². The Morgan fingerprint density at radius 3 is 2.29 bits per heavy atom. The van der Waals surface area contributed by atoms with E-state index in [1.807, 2.05) is 36.4 Å². The van der Waals surface area contributed by atoms with Crippen molar-refractivity contribution >= 4 is 0 Å². The molecule has 0 amide bonds. The lowest BCUT2D eigenvalue weighted by Crippen LogP contribution is -2.04. The fourth-order valence-electron chi connectivity index (χ4n) is 3.17. The molecule has 0 bridgehead atoms. The smallest absolute Gasteiger partial charge is 0.226 e. The van der Waals surface area contributed by atoms with Gasteiger partial charge in [0.05, 0.1) is 5.69 Å². The van der Waals surface area contributed by atoms with Gasteiger partial charge in [-0.3, -0.25) is 0 Å². The maximum absolute atomic E-state index is 9.74. The standard InChI is InChI=1S/C24H20NO3/c26-22-14-12-19(15-23(22)27)24-25-21(16-28-24)20(18-9-5-2-6-10-18)13-11-17-7-3-1-4-8-17/h1-10,12-16,20,26-27H,11H2/t20-/m0/s1. The van der Waals surface area contributed by atoms with Crippen molar-refractivity contribution in [2.45, 2.75) is 12.3 Å². The minimum Gasteiger partial charge on any atom is -0.504 e. The first-order valence-corrected chi connectivity index (χ1v) is 9.10. The Hall–Kier alpha value is -3.53. The third-order valence-corrected chi connectivity index (χ3v) is 4.65.